The topological polar surface area (TPSA) is 70.9 Å². The summed E-state index contributed by atoms with van der Waals surface area (Å²) in [6.07, 6.45) is 5.48. The lowest BCUT2D eigenvalue weighted by Crippen LogP contribution is -2.23. The first kappa shape index (κ1) is 20.6. The van der Waals surface area contributed by atoms with Crippen LogP contribution in [-0.4, -0.2) is 33.1 Å². The van der Waals surface area contributed by atoms with E-state index in [-0.39, 0.29) is 0 Å². The molecule has 2 N–H and O–H groups in total. The number of benzene rings is 1. The molecule has 152 valence electrons. The third kappa shape index (κ3) is 5.29. The number of nitrogens with one attached hydrogen (secondary N) is 1. The molecule has 0 spiro atoms. The van der Waals surface area contributed by atoms with E-state index in [1.54, 1.807) is 35.9 Å². The predicted molar refractivity (Wildman–Crippen MR) is 122 cm³/mol. The lowest BCUT2D eigenvalue weighted by atomic mass is 10.1. The van der Waals surface area contributed by atoms with Gasteiger partial charge in [0.25, 0.3) is 0 Å². The molecule has 1 aromatic carbocycles. The zero-order chi connectivity index (χ0) is 20.8. The maximum atomic E-state index is 10.2. The molecule has 3 heterocycles. The second kappa shape index (κ2) is 9.91. The number of aliphatic hydroxyl groups is 1. The molecule has 0 bridgehead atoms. The van der Waals surface area contributed by atoms with Gasteiger partial charge in [-0.15, -0.1) is 11.3 Å². The average Bonchev–Trinajstić information content (AvgIpc) is 3.28. The van der Waals surface area contributed by atoms with Crippen LogP contribution in [0.2, 0.25) is 5.15 Å². The van der Waals surface area contributed by atoms with Gasteiger partial charge in [-0.2, -0.15) is 0 Å². The highest BCUT2D eigenvalue weighted by Gasteiger charge is 2.08. The lowest BCUT2D eigenvalue weighted by Gasteiger charge is -2.12. The van der Waals surface area contributed by atoms with Crippen LogP contribution < -0.4 is 5.32 Å². The highest BCUT2D eigenvalue weighted by atomic mass is 35.5. The smallest absolute Gasteiger partial charge is 0.129 e. The van der Waals surface area contributed by atoms with E-state index in [1.807, 2.05) is 18.3 Å². The molecular weight excluding hydrogens is 416 g/mol. The van der Waals surface area contributed by atoms with Crippen molar-refractivity contribution in [3.8, 4) is 21.8 Å². The number of aromatic nitrogens is 3. The van der Waals surface area contributed by atoms with Gasteiger partial charge in [-0.1, -0.05) is 41.9 Å². The van der Waals surface area contributed by atoms with Crippen LogP contribution in [0.3, 0.4) is 0 Å². The number of halogens is 1. The Morgan fingerprint density at radius 2 is 1.90 bits per heavy atom. The maximum absolute atomic E-state index is 10.2. The molecular formula is C23H21ClN4OS. The number of hydrogen-bond donors (Lipinski definition) is 2. The summed E-state index contributed by atoms with van der Waals surface area (Å²) >= 11 is 7.40. The molecule has 7 heteroatoms. The summed E-state index contributed by atoms with van der Waals surface area (Å²) in [4.78, 5) is 12.9. The molecule has 0 aliphatic carbocycles. The second-order valence-electron chi connectivity index (χ2n) is 6.86. The van der Waals surface area contributed by atoms with Crippen molar-refractivity contribution in [1.82, 2.24) is 20.3 Å². The summed E-state index contributed by atoms with van der Waals surface area (Å²) < 4.78 is 0. The van der Waals surface area contributed by atoms with Crippen LogP contribution in [0.25, 0.3) is 21.8 Å². The molecule has 0 fully saturated rings. The number of hydrogen-bond acceptors (Lipinski definition) is 6. The van der Waals surface area contributed by atoms with Gasteiger partial charge in [-0.3, -0.25) is 4.98 Å². The van der Waals surface area contributed by atoms with Crippen LogP contribution in [0.5, 0.6) is 0 Å². The van der Waals surface area contributed by atoms with Crippen molar-refractivity contribution in [3.63, 3.8) is 0 Å². The summed E-state index contributed by atoms with van der Waals surface area (Å²) in [5, 5.41) is 17.0. The number of nitrogens with zero attached hydrogens (tertiary/aromatic N) is 3. The third-order valence-electron chi connectivity index (χ3n) is 4.73. The van der Waals surface area contributed by atoms with Crippen LogP contribution in [0, 0.1) is 0 Å². The summed E-state index contributed by atoms with van der Waals surface area (Å²) in [6, 6.07) is 15.9. The van der Waals surface area contributed by atoms with E-state index in [1.165, 1.54) is 5.56 Å². The monoisotopic (exact) mass is 436 g/mol. The van der Waals surface area contributed by atoms with Crippen molar-refractivity contribution in [2.45, 2.75) is 12.5 Å². The molecule has 30 heavy (non-hydrogen) atoms. The summed E-state index contributed by atoms with van der Waals surface area (Å²) in [5.74, 6) is 0. The van der Waals surface area contributed by atoms with Gasteiger partial charge in [0.05, 0.1) is 11.8 Å². The Hall–Kier alpha value is -2.64. The number of rotatable bonds is 8. The van der Waals surface area contributed by atoms with Crippen molar-refractivity contribution in [3.05, 3.63) is 88.8 Å². The van der Waals surface area contributed by atoms with E-state index in [0.29, 0.717) is 11.7 Å². The highest BCUT2D eigenvalue weighted by molar-refractivity contribution is 7.13. The molecule has 0 saturated heterocycles. The Kier molecular flexibility index (Phi) is 6.81. The predicted octanol–water partition coefficient (Wildman–Crippen LogP) is 4.79. The molecule has 4 rings (SSSR count). The molecule has 4 aromatic rings. The molecule has 0 aliphatic rings. The molecule has 3 aromatic heterocycles. The standard InChI is InChI=1S/C23H21ClN4OS/c24-22-8-7-18(13-27-22)21(29)14-26-11-9-16-3-5-17(6-4-16)20-15-30-23(28-20)19-2-1-10-25-12-19/h1-8,10,12-13,15,21,26,29H,9,11,14H2/t21-/m0/s1. The van der Waals surface area contributed by atoms with Gasteiger partial charge in [-0.05, 0) is 36.7 Å². The van der Waals surface area contributed by atoms with E-state index < -0.39 is 6.10 Å². The van der Waals surface area contributed by atoms with Gasteiger partial charge in [0.1, 0.15) is 10.2 Å². The molecule has 0 saturated carbocycles. The first-order valence-electron chi connectivity index (χ1n) is 9.64. The normalized spacial score (nSPS) is 12.1. The van der Waals surface area contributed by atoms with Gasteiger partial charge in [0, 0.05) is 47.2 Å². The number of thiazole rings is 1. The average molecular weight is 437 g/mol. The zero-order valence-corrected chi connectivity index (χ0v) is 17.8. The SMILES string of the molecule is O[C@@H](CNCCc1ccc(-c2csc(-c3cccnc3)n2)cc1)c1ccc(Cl)nc1. The quantitative estimate of drug-likeness (QED) is 0.307. The van der Waals surface area contributed by atoms with Gasteiger partial charge in [-0.25, -0.2) is 9.97 Å². The molecule has 0 amide bonds. The second-order valence-corrected chi connectivity index (χ2v) is 8.11. The Morgan fingerprint density at radius 3 is 2.63 bits per heavy atom. The highest BCUT2D eigenvalue weighted by Crippen LogP contribution is 2.28. The Morgan fingerprint density at radius 1 is 1.03 bits per heavy atom. The Balaban J connectivity index is 1.28. The summed E-state index contributed by atoms with van der Waals surface area (Å²) in [5.41, 5.74) is 5.10. The largest absolute Gasteiger partial charge is 0.387 e. The van der Waals surface area contributed by atoms with Crippen molar-refractivity contribution in [2.24, 2.45) is 0 Å². The van der Waals surface area contributed by atoms with Crippen LogP contribution >= 0.6 is 22.9 Å². The summed E-state index contributed by atoms with van der Waals surface area (Å²) in [7, 11) is 0. The van der Waals surface area contributed by atoms with Crippen molar-refractivity contribution >= 4 is 22.9 Å². The van der Waals surface area contributed by atoms with Crippen molar-refractivity contribution in [2.75, 3.05) is 13.1 Å². The molecule has 5 nitrogen and oxygen atoms in total. The van der Waals surface area contributed by atoms with E-state index in [0.717, 1.165) is 40.4 Å². The fraction of sp³-hybridized carbons (Fsp3) is 0.174. The Bertz CT molecular complexity index is 1070. The van der Waals surface area contributed by atoms with Crippen molar-refractivity contribution in [1.29, 1.82) is 0 Å². The lowest BCUT2D eigenvalue weighted by molar-refractivity contribution is 0.174. The Labute approximate surface area is 184 Å². The van der Waals surface area contributed by atoms with Gasteiger partial charge in [0.2, 0.25) is 0 Å². The van der Waals surface area contributed by atoms with Crippen LogP contribution in [0.1, 0.15) is 17.2 Å². The minimum atomic E-state index is -0.601. The number of aliphatic hydroxyl groups excluding tert-OH is 1. The zero-order valence-electron chi connectivity index (χ0n) is 16.2. The molecule has 0 aliphatic heterocycles. The van der Waals surface area contributed by atoms with Gasteiger partial charge in [0.15, 0.2) is 0 Å². The van der Waals surface area contributed by atoms with Crippen molar-refractivity contribution < 1.29 is 5.11 Å². The van der Waals surface area contributed by atoms with Crippen LogP contribution in [-0.2, 0) is 6.42 Å². The minimum Gasteiger partial charge on any atom is -0.387 e. The van der Waals surface area contributed by atoms with Crippen LogP contribution in [0.4, 0.5) is 0 Å². The summed E-state index contributed by atoms with van der Waals surface area (Å²) in [6.45, 7) is 1.25. The van der Waals surface area contributed by atoms with E-state index in [2.05, 4.69) is 44.9 Å². The van der Waals surface area contributed by atoms with Gasteiger partial charge >= 0.3 is 0 Å². The number of pyridine rings is 2. The van der Waals surface area contributed by atoms with E-state index in [4.69, 9.17) is 16.6 Å². The molecule has 1 atom stereocenters. The molecule has 0 radical (unpaired) electrons. The third-order valence-corrected chi connectivity index (χ3v) is 5.84. The minimum absolute atomic E-state index is 0.424. The molecule has 0 unspecified atom stereocenters. The first-order valence-corrected chi connectivity index (χ1v) is 10.9. The maximum Gasteiger partial charge on any atom is 0.129 e. The van der Waals surface area contributed by atoms with Crippen LogP contribution in [0.15, 0.2) is 72.5 Å². The first-order chi connectivity index (χ1) is 14.7. The fourth-order valence-corrected chi connectivity index (χ4v) is 3.98. The van der Waals surface area contributed by atoms with E-state index in [9.17, 15) is 5.11 Å². The fourth-order valence-electron chi connectivity index (χ4n) is 3.04. The van der Waals surface area contributed by atoms with Gasteiger partial charge < -0.3 is 10.4 Å². The van der Waals surface area contributed by atoms with E-state index >= 15 is 0 Å².